The van der Waals surface area contributed by atoms with E-state index in [0.29, 0.717) is 0 Å². The lowest BCUT2D eigenvalue weighted by molar-refractivity contribution is -0.163. The molecule has 0 fully saturated rings. The number of hydrogen-bond acceptors (Lipinski definition) is 6. The second-order valence-electron chi connectivity index (χ2n) is 4.71. The fourth-order valence-electron chi connectivity index (χ4n) is 2.33. The SMILES string of the molecule is CCOC(=O)C(C(=O)OCC)C(c1ccccc1)n1cncn1. The summed E-state index contributed by atoms with van der Waals surface area (Å²) in [4.78, 5) is 28.7. The Kier molecular flexibility index (Phi) is 5.85. The number of benzene rings is 1. The van der Waals surface area contributed by atoms with Gasteiger partial charge in [-0.05, 0) is 19.4 Å². The molecule has 2 aromatic rings. The van der Waals surface area contributed by atoms with Crippen LogP contribution in [-0.4, -0.2) is 39.9 Å². The molecular formula is C16H19N3O4. The fraction of sp³-hybridized carbons (Fsp3) is 0.375. The van der Waals surface area contributed by atoms with Gasteiger partial charge in [-0.2, -0.15) is 5.10 Å². The molecule has 122 valence electrons. The highest BCUT2D eigenvalue weighted by molar-refractivity contribution is 5.96. The van der Waals surface area contributed by atoms with Crippen molar-refractivity contribution >= 4 is 11.9 Å². The molecule has 7 nitrogen and oxygen atoms in total. The maximum Gasteiger partial charge on any atom is 0.322 e. The Bertz CT molecular complexity index is 610. The second-order valence-corrected chi connectivity index (χ2v) is 4.71. The topological polar surface area (TPSA) is 83.3 Å². The van der Waals surface area contributed by atoms with E-state index in [2.05, 4.69) is 10.1 Å². The zero-order valence-electron chi connectivity index (χ0n) is 13.1. The Morgan fingerprint density at radius 1 is 1.09 bits per heavy atom. The third-order valence-corrected chi connectivity index (χ3v) is 3.26. The highest BCUT2D eigenvalue weighted by atomic mass is 16.6. The molecule has 0 bridgehead atoms. The molecule has 0 aliphatic heterocycles. The molecule has 23 heavy (non-hydrogen) atoms. The van der Waals surface area contributed by atoms with E-state index < -0.39 is 23.9 Å². The highest BCUT2D eigenvalue weighted by Crippen LogP contribution is 2.28. The molecule has 0 aliphatic carbocycles. The summed E-state index contributed by atoms with van der Waals surface area (Å²) in [7, 11) is 0. The van der Waals surface area contributed by atoms with Gasteiger partial charge in [-0.15, -0.1) is 0 Å². The fourth-order valence-corrected chi connectivity index (χ4v) is 2.33. The van der Waals surface area contributed by atoms with E-state index in [1.807, 2.05) is 30.3 Å². The Hall–Kier alpha value is -2.70. The van der Waals surface area contributed by atoms with Gasteiger partial charge in [0, 0.05) is 0 Å². The van der Waals surface area contributed by atoms with Crippen molar-refractivity contribution in [1.29, 1.82) is 0 Å². The zero-order valence-corrected chi connectivity index (χ0v) is 13.1. The van der Waals surface area contributed by atoms with Crippen molar-refractivity contribution in [2.75, 3.05) is 13.2 Å². The summed E-state index contributed by atoms with van der Waals surface area (Å²) in [5.74, 6) is -2.44. The number of esters is 2. The van der Waals surface area contributed by atoms with Crippen LogP contribution in [0, 0.1) is 5.92 Å². The minimum Gasteiger partial charge on any atom is -0.465 e. The summed E-state index contributed by atoms with van der Waals surface area (Å²) in [5, 5.41) is 4.09. The molecule has 0 amide bonds. The van der Waals surface area contributed by atoms with Crippen molar-refractivity contribution in [3.05, 3.63) is 48.5 Å². The average Bonchev–Trinajstić information content (AvgIpc) is 3.07. The molecule has 0 saturated heterocycles. The van der Waals surface area contributed by atoms with Crippen LogP contribution in [0.3, 0.4) is 0 Å². The van der Waals surface area contributed by atoms with Crippen molar-refractivity contribution in [3.8, 4) is 0 Å². The van der Waals surface area contributed by atoms with E-state index in [1.165, 1.54) is 17.3 Å². The van der Waals surface area contributed by atoms with Gasteiger partial charge in [0.1, 0.15) is 18.7 Å². The molecule has 1 aromatic carbocycles. The molecule has 0 aliphatic rings. The van der Waals surface area contributed by atoms with Crippen LogP contribution >= 0.6 is 0 Å². The predicted octanol–water partition coefficient (Wildman–Crippen LogP) is 1.61. The predicted molar refractivity (Wildman–Crippen MR) is 81.4 cm³/mol. The van der Waals surface area contributed by atoms with Gasteiger partial charge in [0.05, 0.1) is 13.2 Å². The zero-order chi connectivity index (χ0) is 16.7. The summed E-state index contributed by atoms with van der Waals surface area (Å²) < 4.78 is 11.6. The minimum absolute atomic E-state index is 0.174. The lowest BCUT2D eigenvalue weighted by Crippen LogP contribution is -2.36. The van der Waals surface area contributed by atoms with Gasteiger partial charge in [-0.1, -0.05) is 30.3 Å². The van der Waals surface area contributed by atoms with Crippen LogP contribution in [0.4, 0.5) is 0 Å². The smallest absolute Gasteiger partial charge is 0.322 e. The highest BCUT2D eigenvalue weighted by Gasteiger charge is 2.40. The van der Waals surface area contributed by atoms with Crippen molar-refractivity contribution < 1.29 is 19.1 Å². The Labute approximate surface area is 134 Å². The van der Waals surface area contributed by atoms with Crippen LogP contribution in [0.15, 0.2) is 43.0 Å². The molecule has 1 atom stereocenters. The lowest BCUT2D eigenvalue weighted by Gasteiger charge is -2.24. The third-order valence-electron chi connectivity index (χ3n) is 3.26. The Morgan fingerprint density at radius 2 is 1.70 bits per heavy atom. The van der Waals surface area contributed by atoms with Crippen molar-refractivity contribution in [3.63, 3.8) is 0 Å². The average molecular weight is 317 g/mol. The number of nitrogens with zero attached hydrogens (tertiary/aromatic N) is 3. The molecule has 0 radical (unpaired) electrons. The first-order valence-electron chi connectivity index (χ1n) is 7.41. The van der Waals surface area contributed by atoms with Crippen LogP contribution in [0.2, 0.25) is 0 Å². The Balaban J connectivity index is 2.47. The lowest BCUT2D eigenvalue weighted by atomic mass is 9.93. The van der Waals surface area contributed by atoms with Crippen LogP contribution in [0.1, 0.15) is 25.5 Å². The second kappa shape index (κ2) is 8.07. The number of hydrogen-bond donors (Lipinski definition) is 0. The van der Waals surface area contributed by atoms with E-state index in [9.17, 15) is 9.59 Å². The quantitative estimate of drug-likeness (QED) is 0.570. The third kappa shape index (κ3) is 3.94. The van der Waals surface area contributed by atoms with Gasteiger partial charge in [-0.3, -0.25) is 9.59 Å². The van der Waals surface area contributed by atoms with Crippen LogP contribution in [0.5, 0.6) is 0 Å². The van der Waals surface area contributed by atoms with Crippen molar-refractivity contribution in [1.82, 2.24) is 14.8 Å². The molecule has 1 heterocycles. The number of rotatable bonds is 7. The summed E-state index contributed by atoms with van der Waals surface area (Å²) >= 11 is 0. The molecule has 0 N–H and O–H groups in total. The van der Waals surface area contributed by atoms with Gasteiger partial charge < -0.3 is 9.47 Å². The molecule has 1 unspecified atom stereocenters. The van der Waals surface area contributed by atoms with Gasteiger partial charge in [0.15, 0.2) is 5.92 Å². The van der Waals surface area contributed by atoms with E-state index in [0.717, 1.165) is 5.56 Å². The van der Waals surface area contributed by atoms with Crippen LogP contribution in [0.25, 0.3) is 0 Å². The number of aromatic nitrogens is 3. The van der Waals surface area contributed by atoms with Crippen LogP contribution < -0.4 is 0 Å². The molecule has 1 aromatic heterocycles. The summed E-state index contributed by atoms with van der Waals surface area (Å²) in [6, 6.07) is 8.46. The van der Waals surface area contributed by atoms with Gasteiger partial charge >= 0.3 is 11.9 Å². The van der Waals surface area contributed by atoms with E-state index in [1.54, 1.807) is 13.8 Å². The van der Waals surface area contributed by atoms with E-state index in [4.69, 9.17) is 9.47 Å². The number of carbonyl (C=O) groups is 2. The van der Waals surface area contributed by atoms with E-state index >= 15 is 0 Å². The van der Waals surface area contributed by atoms with Gasteiger partial charge in [-0.25, -0.2) is 9.67 Å². The molecule has 7 heteroatoms. The molecule has 0 saturated carbocycles. The summed E-state index contributed by atoms with van der Waals surface area (Å²) in [6.07, 6.45) is 2.81. The first-order chi connectivity index (χ1) is 11.2. The van der Waals surface area contributed by atoms with E-state index in [-0.39, 0.29) is 13.2 Å². The van der Waals surface area contributed by atoms with Crippen molar-refractivity contribution in [2.45, 2.75) is 19.9 Å². The maximum atomic E-state index is 12.4. The molecule has 2 rings (SSSR count). The van der Waals surface area contributed by atoms with Gasteiger partial charge in [0.2, 0.25) is 0 Å². The molecule has 0 spiro atoms. The molecular weight excluding hydrogens is 298 g/mol. The monoisotopic (exact) mass is 317 g/mol. The van der Waals surface area contributed by atoms with Gasteiger partial charge in [0.25, 0.3) is 0 Å². The first kappa shape index (κ1) is 16.7. The minimum atomic E-state index is -1.15. The standard InChI is InChI=1S/C16H19N3O4/c1-3-22-15(20)13(16(21)23-4-2)14(19-11-17-10-18-19)12-8-6-5-7-9-12/h5-11,13-14H,3-4H2,1-2H3. The largest absolute Gasteiger partial charge is 0.465 e. The van der Waals surface area contributed by atoms with Crippen LogP contribution in [-0.2, 0) is 19.1 Å². The Morgan fingerprint density at radius 3 is 2.17 bits per heavy atom. The summed E-state index contributed by atoms with van der Waals surface area (Å²) in [5.41, 5.74) is 0.740. The summed E-state index contributed by atoms with van der Waals surface area (Å²) in [6.45, 7) is 3.72. The number of carbonyl (C=O) groups excluding carboxylic acids is 2. The maximum absolute atomic E-state index is 12.4. The van der Waals surface area contributed by atoms with Crippen molar-refractivity contribution in [2.24, 2.45) is 5.92 Å². The normalized spacial score (nSPS) is 12.0. The first-order valence-corrected chi connectivity index (χ1v) is 7.41. The number of ether oxygens (including phenoxy) is 2.